The third-order valence-corrected chi connectivity index (χ3v) is 11.0. The van der Waals surface area contributed by atoms with Crippen molar-refractivity contribution < 1.29 is 34.3 Å². The van der Waals surface area contributed by atoms with Crippen molar-refractivity contribution in [1.82, 2.24) is 35.5 Å². The van der Waals surface area contributed by atoms with E-state index in [9.17, 15) is 39.5 Å². The first kappa shape index (κ1) is 47.3. The minimum Gasteiger partial charge on any atom is -0.504 e. The van der Waals surface area contributed by atoms with Crippen LogP contribution in [0, 0.1) is 17.0 Å². The van der Waals surface area contributed by atoms with E-state index in [1.54, 1.807) is 67.4 Å². The highest BCUT2D eigenvalue weighted by Gasteiger charge is 2.35. The van der Waals surface area contributed by atoms with Crippen molar-refractivity contribution in [2.45, 2.75) is 58.3 Å². The molecule has 0 saturated heterocycles. The highest BCUT2D eigenvalue weighted by atomic mass is 16.6. The Morgan fingerprint density at radius 1 is 0.735 bits per heavy atom. The number of rotatable bonds is 20. The number of nitro groups is 1. The number of hydrogen-bond acceptors (Lipinski definition) is 16. The van der Waals surface area contributed by atoms with Gasteiger partial charge in [-0.15, -0.1) is 20.4 Å². The molecule has 3 N–H and O–H groups in total. The summed E-state index contributed by atoms with van der Waals surface area (Å²) >= 11 is 0. The maximum absolute atomic E-state index is 14.0. The van der Waals surface area contributed by atoms with Gasteiger partial charge in [0, 0.05) is 67.0 Å². The van der Waals surface area contributed by atoms with E-state index in [0.29, 0.717) is 60.0 Å². The average Bonchev–Trinajstić information content (AvgIpc) is 4.10. The predicted octanol–water partition coefficient (Wildman–Crippen LogP) is 7.82. The third kappa shape index (κ3) is 12.2. The van der Waals surface area contributed by atoms with Crippen LogP contribution in [0.1, 0.15) is 81.4 Å². The number of aromatic hydroxyl groups is 2. The number of nitro benzene ring substituents is 1. The van der Waals surface area contributed by atoms with Crippen LogP contribution in [0.25, 0.3) is 11.4 Å². The minimum absolute atomic E-state index is 0.0964. The van der Waals surface area contributed by atoms with E-state index >= 15 is 0 Å². The lowest BCUT2D eigenvalue weighted by atomic mass is 10.0. The molecule has 0 radical (unpaired) electrons. The molecule has 5 aromatic carbocycles. The molecule has 0 unspecified atom stereocenters. The number of phenolic OH excluding ortho intramolecular Hbond substituents is 2. The lowest BCUT2D eigenvalue weighted by Crippen LogP contribution is -2.40. The second kappa shape index (κ2) is 21.1. The molecule has 20 nitrogen and oxygen atoms in total. The fraction of sp³-hybridized carbons (Fsp3) is 0.250. The van der Waals surface area contributed by atoms with Crippen molar-refractivity contribution in [3.8, 4) is 22.9 Å². The van der Waals surface area contributed by atoms with E-state index in [-0.39, 0.29) is 54.9 Å². The van der Waals surface area contributed by atoms with Gasteiger partial charge >= 0.3 is 5.69 Å². The number of aryl methyl sites for hydroxylation is 1. The number of ketones is 1. The standard InChI is InChI=1S/C48H46N12O8/c1-30-50-54-46(55-51-30)34-14-10-32(11-15-34)28-59(47(66)35-16-20-38(21-17-35)52-53-39-22-18-37(19-23-39)48(2)56-57-48)29-42(62)49-24-6-4-5-7-43(63)58(3)27-31-8-12-33(13-9-31)44(64)36-25-40(60(67)68)45(65)41(61)26-36/h8-23,25-26,61,65H,4-7,24,27-29H2,1-3H3,(H,49,62)/b53-52+. The van der Waals surface area contributed by atoms with Crippen molar-refractivity contribution in [3.05, 3.63) is 159 Å². The number of carbonyl (C=O) groups is 4. The fourth-order valence-electron chi connectivity index (χ4n) is 6.97. The fourth-order valence-corrected chi connectivity index (χ4v) is 6.97. The Labute approximate surface area is 389 Å². The van der Waals surface area contributed by atoms with Crippen LogP contribution < -0.4 is 5.32 Å². The van der Waals surface area contributed by atoms with Gasteiger partial charge in [-0.2, -0.15) is 20.5 Å². The molecular formula is C48H46N12O8. The highest BCUT2D eigenvalue weighted by molar-refractivity contribution is 6.09. The second-order valence-electron chi connectivity index (χ2n) is 16.2. The zero-order chi connectivity index (χ0) is 48.4. The Hall–Kier alpha value is -8.68. The number of amides is 3. The quantitative estimate of drug-likeness (QED) is 0.0165. The molecule has 68 heavy (non-hydrogen) atoms. The van der Waals surface area contributed by atoms with Crippen LogP contribution in [0.15, 0.2) is 130 Å². The van der Waals surface area contributed by atoms with Gasteiger partial charge in [0.1, 0.15) is 6.54 Å². The molecule has 20 heteroatoms. The summed E-state index contributed by atoms with van der Waals surface area (Å²) in [5.74, 6) is -2.30. The topological polar surface area (TPSA) is 271 Å². The molecule has 0 saturated carbocycles. The van der Waals surface area contributed by atoms with Crippen LogP contribution in [0.3, 0.4) is 0 Å². The van der Waals surface area contributed by atoms with Gasteiger partial charge in [-0.3, -0.25) is 29.3 Å². The molecule has 0 spiro atoms. The number of benzene rings is 5. The first-order valence-corrected chi connectivity index (χ1v) is 21.5. The van der Waals surface area contributed by atoms with Crippen molar-refractivity contribution in [1.29, 1.82) is 0 Å². The number of carbonyl (C=O) groups excluding carboxylic acids is 4. The molecule has 346 valence electrons. The summed E-state index contributed by atoms with van der Waals surface area (Å²) in [5.41, 5.74) is 3.47. The molecule has 1 aromatic heterocycles. The number of hydrogen-bond donors (Lipinski definition) is 3. The molecular weight excluding hydrogens is 873 g/mol. The van der Waals surface area contributed by atoms with Gasteiger partial charge in [0.05, 0.1) is 16.3 Å². The summed E-state index contributed by atoms with van der Waals surface area (Å²) in [7, 11) is 1.67. The van der Waals surface area contributed by atoms with E-state index in [0.717, 1.165) is 28.8 Å². The number of nitrogens with one attached hydrogen (secondary N) is 1. The van der Waals surface area contributed by atoms with Crippen LogP contribution in [0.2, 0.25) is 0 Å². The van der Waals surface area contributed by atoms with Gasteiger partial charge in [0.2, 0.25) is 29.1 Å². The summed E-state index contributed by atoms with van der Waals surface area (Å²) in [5, 5.41) is 66.6. The van der Waals surface area contributed by atoms with Crippen LogP contribution in [-0.2, 0) is 28.3 Å². The molecule has 2 heterocycles. The Kier molecular flexibility index (Phi) is 14.7. The SMILES string of the molecule is Cc1nnc(-c2ccc(CN(CC(=O)NCCCCCC(=O)N(C)Cc3ccc(C(=O)c4cc(O)c(O)c([N+](=O)[O-])c4)cc3)C(=O)c3ccc(/N=N/c4ccc(C5(C)N=N5)cc4)cc3)cc2)nn1. The smallest absolute Gasteiger partial charge is 0.315 e. The van der Waals surface area contributed by atoms with E-state index < -0.39 is 33.6 Å². The minimum atomic E-state index is -0.924. The van der Waals surface area contributed by atoms with Crippen molar-refractivity contribution in [2.24, 2.45) is 20.5 Å². The normalized spacial score (nSPS) is 12.4. The first-order chi connectivity index (χ1) is 32.6. The van der Waals surface area contributed by atoms with Gasteiger partial charge in [0.15, 0.2) is 17.4 Å². The third-order valence-electron chi connectivity index (χ3n) is 11.0. The first-order valence-electron chi connectivity index (χ1n) is 21.5. The summed E-state index contributed by atoms with van der Waals surface area (Å²) in [6.07, 6.45) is 2.11. The Morgan fingerprint density at radius 2 is 1.32 bits per heavy atom. The Morgan fingerprint density at radius 3 is 1.94 bits per heavy atom. The molecule has 0 bridgehead atoms. The largest absolute Gasteiger partial charge is 0.504 e. The molecule has 6 aromatic rings. The number of phenols is 2. The maximum Gasteiger partial charge on any atom is 0.315 e. The molecule has 3 amide bonds. The van der Waals surface area contributed by atoms with Gasteiger partial charge in [-0.25, -0.2) is 0 Å². The van der Waals surface area contributed by atoms with Crippen molar-refractivity contribution in [3.63, 3.8) is 0 Å². The number of nitrogens with zero attached hydrogens (tertiary/aromatic N) is 11. The van der Waals surface area contributed by atoms with Gasteiger partial charge in [-0.05, 0) is 80.3 Å². The van der Waals surface area contributed by atoms with Gasteiger partial charge < -0.3 is 25.3 Å². The van der Waals surface area contributed by atoms with E-state index in [4.69, 9.17) is 0 Å². The van der Waals surface area contributed by atoms with Crippen LogP contribution >= 0.6 is 0 Å². The van der Waals surface area contributed by atoms with Crippen molar-refractivity contribution in [2.75, 3.05) is 20.1 Å². The number of unbranched alkanes of at least 4 members (excludes halogenated alkanes) is 2. The molecule has 0 fully saturated rings. The van der Waals surface area contributed by atoms with Crippen molar-refractivity contribution >= 4 is 40.6 Å². The lowest BCUT2D eigenvalue weighted by molar-refractivity contribution is -0.386. The molecule has 7 rings (SSSR count). The molecule has 0 atom stereocenters. The summed E-state index contributed by atoms with van der Waals surface area (Å²) < 4.78 is 0. The predicted molar refractivity (Wildman–Crippen MR) is 246 cm³/mol. The van der Waals surface area contributed by atoms with E-state index in [1.165, 1.54) is 17.0 Å². The zero-order valence-electron chi connectivity index (χ0n) is 37.3. The van der Waals surface area contributed by atoms with Gasteiger partial charge in [-0.1, -0.05) is 67.1 Å². The second-order valence-corrected chi connectivity index (χ2v) is 16.2. The molecule has 1 aliphatic rings. The highest BCUT2D eigenvalue weighted by Crippen LogP contribution is 2.39. The number of aromatic nitrogens is 4. The molecule has 0 aliphatic carbocycles. The van der Waals surface area contributed by atoms with E-state index in [1.807, 2.05) is 43.3 Å². The summed E-state index contributed by atoms with van der Waals surface area (Å²) in [4.78, 5) is 66.5. The molecule has 1 aliphatic heterocycles. The zero-order valence-corrected chi connectivity index (χ0v) is 37.3. The van der Waals surface area contributed by atoms with E-state index in [2.05, 4.69) is 46.2 Å². The van der Waals surface area contributed by atoms with Crippen LogP contribution in [-0.4, -0.2) is 89.0 Å². The maximum atomic E-state index is 14.0. The van der Waals surface area contributed by atoms with Crippen LogP contribution in [0.5, 0.6) is 11.5 Å². The lowest BCUT2D eigenvalue weighted by Gasteiger charge is -2.23. The average molecular weight is 919 g/mol. The number of azo groups is 1. The Balaban J connectivity index is 0.888. The monoisotopic (exact) mass is 918 g/mol. The summed E-state index contributed by atoms with van der Waals surface area (Å²) in [6.45, 7) is 4.14. The summed E-state index contributed by atoms with van der Waals surface area (Å²) in [6, 6.07) is 29.6. The van der Waals surface area contributed by atoms with Gasteiger partial charge in [0.25, 0.3) is 5.91 Å². The Bertz CT molecular complexity index is 2870. The van der Waals surface area contributed by atoms with Crippen LogP contribution in [0.4, 0.5) is 17.1 Å².